The maximum atomic E-state index is 5.48. The molecule has 0 radical (unpaired) electrons. The van der Waals surface area contributed by atoms with E-state index in [1.54, 1.807) is 18.5 Å². The van der Waals surface area contributed by atoms with Crippen LogP contribution in [0.25, 0.3) is 0 Å². The topological polar surface area (TPSA) is 74.2 Å². The number of hydrogen-bond acceptors (Lipinski definition) is 5. The van der Waals surface area contributed by atoms with Gasteiger partial charge in [0.15, 0.2) is 0 Å². The van der Waals surface area contributed by atoms with E-state index in [2.05, 4.69) is 14.7 Å². The fourth-order valence-corrected chi connectivity index (χ4v) is 0.971. The molecule has 5 heteroatoms. The number of anilines is 1. The third-order valence-electron chi connectivity index (χ3n) is 1.70. The van der Waals surface area contributed by atoms with Crippen LogP contribution >= 0.6 is 0 Å². The highest BCUT2D eigenvalue weighted by Gasteiger charge is 2.04. The van der Waals surface area contributed by atoms with E-state index in [0.29, 0.717) is 12.4 Å². The van der Waals surface area contributed by atoms with Gasteiger partial charge in [0, 0.05) is 6.20 Å². The van der Waals surface area contributed by atoms with Gasteiger partial charge in [-0.15, -0.1) is 0 Å². The van der Waals surface area contributed by atoms with Gasteiger partial charge in [0.05, 0.1) is 18.0 Å². The van der Waals surface area contributed by atoms with Crippen molar-refractivity contribution in [1.29, 1.82) is 0 Å². The highest BCUT2D eigenvalue weighted by atomic mass is 16.5. The molecule has 2 aromatic rings. The van der Waals surface area contributed by atoms with Crippen molar-refractivity contribution in [2.45, 2.75) is 6.61 Å². The fourth-order valence-electron chi connectivity index (χ4n) is 0.971. The van der Waals surface area contributed by atoms with Gasteiger partial charge in [0.1, 0.15) is 12.4 Å². The summed E-state index contributed by atoms with van der Waals surface area (Å²) >= 11 is 0. The van der Waals surface area contributed by atoms with Gasteiger partial charge in [0.25, 0.3) is 0 Å². The molecule has 0 fully saturated rings. The summed E-state index contributed by atoms with van der Waals surface area (Å²) in [6.45, 7) is 0.334. The second kappa shape index (κ2) is 3.78. The molecule has 0 saturated heterocycles. The summed E-state index contributed by atoms with van der Waals surface area (Å²) in [7, 11) is 0. The first-order valence-corrected chi connectivity index (χ1v) is 4.08. The summed E-state index contributed by atoms with van der Waals surface area (Å²) in [4.78, 5) is 3.91. The first kappa shape index (κ1) is 8.55. The molecule has 0 unspecified atom stereocenters. The lowest BCUT2D eigenvalue weighted by Crippen LogP contribution is -1.97. The Morgan fingerprint density at radius 2 is 2.36 bits per heavy atom. The van der Waals surface area contributed by atoms with Crippen LogP contribution in [0.1, 0.15) is 5.56 Å². The zero-order valence-corrected chi connectivity index (χ0v) is 7.38. The van der Waals surface area contributed by atoms with E-state index in [1.165, 1.54) is 6.20 Å². The second-order valence-corrected chi connectivity index (χ2v) is 2.69. The van der Waals surface area contributed by atoms with Gasteiger partial charge < -0.3 is 15.0 Å². The fraction of sp³-hybridized carbons (Fsp3) is 0.111. The van der Waals surface area contributed by atoms with E-state index in [4.69, 9.17) is 10.5 Å². The molecule has 72 valence electrons. The number of aromatic nitrogens is 2. The van der Waals surface area contributed by atoms with Gasteiger partial charge in [-0.25, -0.2) is 0 Å². The summed E-state index contributed by atoms with van der Waals surface area (Å²) in [5, 5.41) is 3.54. The summed E-state index contributed by atoms with van der Waals surface area (Å²) in [5.74, 6) is 0.974. The van der Waals surface area contributed by atoms with Crippen LogP contribution in [0.5, 0.6) is 5.75 Å². The Morgan fingerprint density at radius 1 is 1.43 bits per heavy atom. The van der Waals surface area contributed by atoms with Crippen molar-refractivity contribution in [1.82, 2.24) is 10.1 Å². The van der Waals surface area contributed by atoms with E-state index in [1.807, 2.05) is 6.07 Å². The smallest absolute Gasteiger partial charge is 0.228 e. The number of hydrogen-bond donors (Lipinski definition) is 1. The monoisotopic (exact) mass is 191 g/mol. The van der Waals surface area contributed by atoms with E-state index in [-0.39, 0.29) is 5.88 Å². The summed E-state index contributed by atoms with van der Waals surface area (Å²) in [6.07, 6.45) is 4.84. The number of nitrogen functional groups attached to an aromatic ring is 1. The van der Waals surface area contributed by atoms with Crippen LogP contribution in [0, 0.1) is 0 Å². The third-order valence-corrected chi connectivity index (χ3v) is 1.70. The van der Waals surface area contributed by atoms with Gasteiger partial charge in [-0.1, -0.05) is 5.16 Å². The molecule has 0 amide bonds. The number of pyridine rings is 1. The van der Waals surface area contributed by atoms with Gasteiger partial charge in [0.2, 0.25) is 5.88 Å². The maximum Gasteiger partial charge on any atom is 0.228 e. The van der Waals surface area contributed by atoms with Crippen LogP contribution < -0.4 is 10.5 Å². The highest BCUT2D eigenvalue weighted by molar-refractivity contribution is 5.33. The molecule has 2 rings (SSSR count). The van der Waals surface area contributed by atoms with Crippen molar-refractivity contribution in [3.05, 3.63) is 36.3 Å². The molecule has 0 saturated carbocycles. The molecule has 2 heterocycles. The first-order chi connectivity index (χ1) is 6.86. The molecule has 0 aliphatic rings. The number of nitrogens with two attached hydrogens (primary N) is 1. The van der Waals surface area contributed by atoms with E-state index in [9.17, 15) is 0 Å². The van der Waals surface area contributed by atoms with Crippen LogP contribution in [0.15, 0.2) is 35.2 Å². The lowest BCUT2D eigenvalue weighted by Gasteiger charge is -2.02. The Labute approximate surface area is 80.5 Å². The minimum Gasteiger partial charge on any atom is -0.487 e. The quantitative estimate of drug-likeness (QED) is 0.789. The summed E-state index contributed by atoms with van der Waals surface area (Å²) < 4.78 is 10.1. The molecule has 2 aromatic heterocycles. The zero-order chi connectivity index (χ0) is 9.80. The normalized spacial score (nSPS) is 10.0. The largest absolute Gasteiger partial charge is 0.487 e. The first-order valence-electron chi connectivity index (χ1n) is 4.08. The third kappa shape index (κ3) is 1.82. The van der Waals surface area contributed by atoms with Crippen LogP contribution in [-0.2, 0) is 6.61 Å². The number of ether oxygens (including phenoxy) is 1. The van der Waals surface area contributed by atoms with Crippen molar-refractivity contribution in [2.75, 3.05) is 5.73 Å². The number of nitrogens with zero attached hydrogens (tertiary/aromatic N) is 2. The minimum absolute atomic E-state index is 0.286. The average molecular weight is 191 g/mol. The molecule has 0 aliphatic heterocycles. The van der Waals surface area contributed by atoms with E-state index in [0.717, 1.165) is 5.56 Å². The van der Waals surface area contributed by atoms with Crippen molar-refractivity contribution in [3.63, 3.8) is 0 Å². The second-order valence-electron chi connectivity index (χ2n) is 2.69. The molecule has 14 heavy (non-hydrogen) atoms. The molecule has 0 spiro atoms. The molecule has 0 bridgehead atoms. The Balaban J connectivity index is 1.99. The van der Waals surface area contributed by atoms with Crippen molar-refractivity contribution < 1.29 is 9.26 Å². The van der Waals surface area contributed by atoms with Crippen LogP contribution in [-0.4, -0.2) is 10.1 Å². The number of rotatable bonds is 3. The van der Waals surface area contributed by atoms with Crippen LogP contribution in [0.3, 0.4) is 0 Å². The average Bonchev–Trinajstić information content (AvgIpc) is 2.63. The van der Waals surface area contributed by atoms with Gasteiger partial charge in [-0.3, -0.25) is 4.98 Å². The van der Waals surface area contributed by atoms with E-state index >= 15 is 0 Å². The minimum atomic E-state index is 0.286. The Bertz CT molecular complexity index is 399. The van der Waals surface area contributed by atoms with Crippen LogP contribution in [0.2, 0.25) is 0 Å². The lowest BCUT2D eigenvalue weighted by atomic mass is 10.3. The van der Waals surface area contributed by atoms with Crippen molar-refractivity contribution in [3.8, 4) is 5.75 Å². The van der Waals surface area contributed by atoms with E-state index < -0.39 is 0 Å². The lowest BCUT2D eigenvalue weighted by molar-refractivity contribution is 0.304. The van der Waals surface area contributed by atoms with Gasteiger partial charge in [-0.05, 0) is 12.1 Å². The summed E-state index contributed by atoms with van der Waals surface area (Å²) in [6, 6.07) is 3.61. The summed E-state index contributed by atoms with van der Waals surface area (Å²) in [5.41, 5.74) is 6.21. The van der Waals surface area contributed by atoms with Crippen molar-refractivity contribution in [2.24, 2.45) is 0 Å². The van der Waals surface area contributed by atoms with Crippen LogP contribution in [0.4, 0.5) is 5.88 Å². The molecule has 5 nitrogen and oxygen atoms in total. The van der Waals surface area contributed by atoms with Gasteiger partial charge in [-0.2, -0.15) is 0 Å². The Hall–Kier alpha value is -2.04. The maximum absolute atomic E-state index is 5.48. The molecular weight excluding hydrogens is 182 g/mol. The molecule has 0 aliphatic carbocycles. The highest BCUT2D eigenvalue weighted by Crippen LogP contribution is 2.14. The Kier molecular flexibility index (Phi) is 2.31. The standard InChI is InChI=1S/C9H9N3O2/c10-9-7(4-12-14-9)6-13-8-2-1-3-11-5-8/h1-5H,6,10H2. The molecule has 0 aromatic carbocycles. The van der Waals surface area contributed by atoms with Gasteiger partial charge >= 0.3 is 0 Å². The predicted octanol–water partition coefficient (Wildman–Crippen LogP) is 1.23. The molecular formula is C9H9N3O2. The molecule has 0 atom stereocenters. The molecule has 2 N–H and O–H groups in total. The zero-order valence-electron chi connectivity index (χ0n) is 7.38. The Morgan fingerprint density at radius 3 is 3.00 bits per heavy atom. The SMILES string of the molecule is Nc1oncc1COc1cccnc1. The predicted molar refractivity (Wildman–Crippen MR) is 49.5 cm³/mol. The van der Waals surface area contributed by atoms with Crippen molar-refractivity contribution >= 4 is 5.88 Å².